The second-order valence-electron chi connectivity index (χ2n) is 8.92. The predicted molar refractivity (Wildman–Crippen MR) is 107 cm³/mol. The summed E-state index contributed by atoms with van der Waals surface area (Å²) in [6.45, 7) is 21.0. The molecule has 5 atom stereocenters. The molecule has 0 spiro atoms. The van der Waals surface area contributed by atoms with E-state index < -0.39 is 32.5 Å². The van der Waals surface area contributed by atoms with E-state index >= 15 is 0 Å². The fourth-order valence-electron chi connectivity index (χ4n) is 4.88. The Kier molecular flexibility index (Phi) is 6.88. The van der Waals surface area contributed by atoms with Crippen molar-refractivity contribution in [1.29, 1.82) is 0 Å². The summed E-state index contributed by atoms with van der Waals surface area (Å²) >= 11 is 0. The number of rotatable bonds is 8. The van der Waals surface area contributed by atoms with Gasteiger partial charge in [-0.1, -0.05) is 47.6 Å². The molecule has 0 unspecified atom stereocenters. The molecule has 7 heteroatoms. The lowest BCUT2D eigenvalue weighted by molar-refractivity contribution is -0.214. The van der Waals surface area contributed by atoms with E-state index in [0.717, 1.165) is 0 Å². The van der Waals surface area contributed by atoms with E-state index in [0.29, 0.717) is 16.6 Å². The Hall–Kier alpha value is -0.823. The van der Waals surface area contributed by atoms with Crippen LogP contribution in [0.4, 0.5) is 0 Å². The number of isocyanates is 1. The van der Waals surface area contributed by atoms with Crippen molar-refractivity contribution in [1.82, 2.24) is 0 Å². The van der Waals surface area contributed by atoms with E-state index in [2.05, 4.69) is 53.1 Å². The highest BCUT2D eigenvalue weighted by molar-refractivity contribution is 6.77. The first-order chi connectivity index (χ1) is 12.5. The fraction of sp³-hybridized carbons (Fsp3) is 0.850. The summed E-state index contributed by atoms with van der Waals surface area (Å²) in [7, 11) is -2.21. The van der Waals surface area contributed by atoms with Crippen LogP contribution in [0.3, 0.4) is 0 Å². The zero-order valence-corrected chi connectivity index (χ0v) is 18.9. The van der Waals surface area contributed by atoms with Crippen molar-refractivity contribution in [3.63, 3.8) is 0 Å². The minimum absolute atomic E-state index is 0.363. The Morgan fingerprint density at radius 1 is 1.11 bits per heavy atom. The summed E-state index contributed by atoms with van der Waals surface area (Å²) in [5.74, 6) is -0.739. The van der Waals surface area contributed by atoms with Gasteiger partial charge in [-0.3, -0.25) is 0 Å². The van der Waals surface area contributed by atoms with Gasteiger partial charge in [-0.25, -0.2) is 4.79 Å². The van der Waals surface area contributed by atoms with E-state index in [-0.39, 0.29) is 12.2 Å². The Labute approximate surface area is 164 Å². The molecule has 2 saturated heterocycles. The highest BCUT2D eigenvalue weighted by atomic mass is 28.4. The second kappa shape index (κ2) is 8.27. The molecule has 0 radical (unpaired) electrons. The first-order valence-electron chi connectivity index (χ1n) is 9.88. The minimum atomic E-state index is -2.21. The van der Waals surface area contributed by atoms with Crippen LogP contribution in [0.1, 0.15) is 55.4 Å². The van der Waals surface area contributed by atoms with Crippen molar-refractivity contribution in [3.05, 3.63) is 12.7 Å². The van der Waals surface area contributed by atoms with Crippen LogP contribution in [0.2, 0.25) is 16.6 Å². The van der Waals surface area contributed by atoms with Crippen LogP contribution in [0.15, 0.2) is 17.6 Å². The van der Waals surface area contributed by atoms with Gasteiger partial charge in [0.1, 0.15) is 24.4 Å². The number of ether oxygens (including phenoxy) is 3. The summed E-state index contributed by atoms with van der Waals surface area (Å²) in [6.07, 6.45) is 1.45. The van der Waals surface area contributed by atoms with E-state index in [1.807, 2.05) is 13.8 Å². The van der Waals surface area contributed by atoms with Gasteiger partial charge in [-0.15, -0.1) is 6.58 Å². The van der Waals surface area contributed by atoms with E-state index in [9.17, 15) is 4.79 Å². The van der Waals surface area contributed by atoms with Gasteiger partial charge in [0.2, 0.25) is 14.4 Å². The normalized spacial score (nSPS) is 31.2. The van der Waals surface area contributed by atoms with Crippen molar-refractivity contribution in [2.24, 2.45) is 4.99 Å². The van der Waals surface area contributed by atoms with E-state index in [4.69, 9.17) is 18.6 Å². The van der Waals surface area contributed by atoms with Crippen molar-refractivity contribution in [2.75, 3.05) is 0 Å². The number of hydrogen-bond donors (Lipinski definition) is 0. The summed E-state index contributed by atoms with van der Waals surface area (Å²) < 4.78 is 25.2. The summed E-state index contributed by atoms with van der Waals surface area (Å²) in [6, 6.07) is -0.549. The standard InChI is InChI=1S/C20H35NO5Si/c1-10-15(21-11-22)16-17(18-19(23-16)25-20(8,9)24-18)26-27(12(2)3,13(4)5)14(6)7/h10,12-19H,1H2,2-9H3/t15-,16-,17+,18-,19-/m1/s1. The van der Waals surface area contributed by atoms with Crippen LogP contribution in [-0.2, 0) is 23.4 Å². The molecule has 2 aliphatic heterocycles. The van der Waals surface area contributed by atoms with Gasteiger partial charge in [0.25, 0.3) is 0 Å². The molecule has 0 aromatic heterocycles. The average Bonchev–Trinajstić information content (AvgIpc) is 3.01. The molecular formula is C20H35NO5Si. The molecule has 2 fully saturated rings. The molecule has 27 heavy (non-hydrogen) atoms. The Morgan fingerprint density at radius 3 is 2.11 bits per heavy atom. The van der Waals surface area contributed by atoms with Gasteiger partial charge in [0, 0.05) is 0 Å². The van der Waals surface area contributed by atoms with Crippen molar-refractivity contribution < 1.29 is 23.4 Å². The number of nitrogens with zero attached hydrogens (tertiary/aromatic N) is 1. The fourth-order valence-corrected chi connectivity index (χ4v) is 10.4. The SMILES string of the molecule is C=C[C@@H](N=C=O)[C@H]1O[C@@H]2OC(C)(C)O[C@@H]2[C@H]1O[Si](C(C)C)(C(C)C)C(C)C. The largest absolute Gasteiger partial charge is 0.408 e. The van der Waals surface area contributed by atoms with Crippen LogP contribution < -0.4 is 0 Å². The third kappa shape index (κ3) is 4.14. The number of hydrogen-bond acceptors (Lipinski definition) is 6. The Morgan fingerprint density at radius 2 is 1.67 bits per heavy atom. The molecule has 2 heterocycles. The van der Waals surface area contributed by atoms with Crippen LogP contribution in [0.25, 0.3) is 0 Å². The monoisotopic (exact) mass is 397 g/mol. The first-order valence-corrected chi connectivity index (χ1v) is 12.0. The van der Waals surface area contributed by atoms with Gasteiger partial charge >= 0.3 is 0 Å². The zero-order valence-electron chi connectivity index (χ0n) is 17.9. The molecule has 0 saturated carbocycles. The maximum absolute atomic E-state index is 10.9. The van der Waals surface area contributed by atoms with Gasteiger partial charge in [-0.2, -0.15) is 4.99 Å². The highest BCUT2D eigenvalue weighted by Crippen LogP contribution is 2.48. The molecule has 0 N–H and O–H groups in total. The lowest BCUT2D eigenvalue weighted by atomic mass is 10.0. The average molecular weight is 398 g/mol. The van der Waals surface area contributed by atoms with Gasteiger partial charge in [0.05, 0.1) is 0 Å². The van der Waals surface area contributed by atoms with Crippen LogP contribution in [0.5, 0.6) is 0 Å². The van der Waals surface area contributed by atoms with Crippen molar-refractivity contribution >= 4 is 14.4 Å². The van der Waals surface area contributed by atoms with E-state index in [1.165, 1.54) is 0 Å². The van der Waals surface area contributed by atoms with Gasteiger partial charge < -0.3 is 18.6 Å². The Bertz CT molecular complexity index is 563. The minimum Gasteiger partial charge on any atom is -0.408 e. The smallest absolute Gasteiger partial charge is 0.235 e. The van der Waals surface area contributed by atoms with Crippen molar-refractivity contribution in [3.8, 4) is 0 Å². The molecular weight excluding hydrogens is 362 g/mol. The molecule has 154 valence electrons. The Balaban J connectivity index is 2.45. The van der Waals surface area contributed by atoms with Crippen LogP contribution in [-0.4, -0.2) is 50.8 Å². The third-order valence-electron chi connectivity index (χ3n) is 5.85. The van der Waals surface area contributed by atoms with Crippen LogP contribution >= 0.6 is 0 Å². The van der Waals surface area contributed by atoms with Gasteiger partial charge in [0.15, 0.2) is 12.1 Å². The molecule has 0 amide bonds. The number of fused-ring (bicyclic) bond motifs is 1. The maximum Gasteiger partial charge on any atom is 0.235 e. The second-order valence-corrected chi connectivity index (χ2v) is 14.3. The molecule has 0 aliphatic carbocycles. The molecule has 0 bridgehead atoms. The quantitative estimate of drug-likeness (QED) is 0.264. The van der Waals surface area contributed by atoms with Crippen molar-refractivity contribution in [2.45, 2.75) is 108 Å². The summed E-state index contributed by atoms with van der Waals surface area (Å²) in [5.41, 5.74) is 1.22. The lowest BCUT2D eigenvalue weighted by Gasteiger charge is -2.45. The number of carbonyl (C=O) groups excluding carboxylic acids is 1. The number of aliphatic imine (C=N–C) groups is 1. The van der Waals surface area contributed by atoms with E-state index in [1.54, 1.807) is 12.2 Å². The third-order valence-corrected chi connectivity index (χ3v) is 11.9. The molecule has 0 aromatic carbocycles. The molecule has 6 nitrogen and oxygen atoms in total. The highest BCUT2D eigenvalue weighted by Gasteiger charge is 2.60. The summed E-state index contributed by atoms with van der Waals surface area (Å²) in [4.78, 5) is 14.8. The molecule has 0 aromatic rings. The first kappa shape index (κ1) is 22.5. The molecule has 2 aliphatic rings. The van der Waals surface area contributed by atoms with Crippen LogP contribution in [0, 0.1) is 0 Å². The topological polar surface area (TPSA) is 66.4 Å². The zero-order chi connectivity index (χ0) is 20.6. The maximum atomic E-state index is 10.9. The molecule has 2 rings (SSSR count). The summed E-state index contributed by atoms with van der Waals surface area (Å²) in [5, 5.41) is 0. The van der Waals surface area contributed by atoms with Gasteiger partial charge in [-0.05, 0) is 30.5 Å². The predicted octanol–water partition coefficient (Wildman–Crippen LogP) is 4.31. The lowest BCUT2D eigenvalue weighted by Crippen LogP contribution is -2.55.